The normalized spacial score (nSPS) is 10.9. The number of halogens is 1. The molecule has 0 aliphatic carbocycles. The molecular weight excluding hydrogens is 448 g/mol. The van der Waals surface area contributed by atoms with Crippen LogP contribution in [0, 0.1) is 0 Å². The number of thioether (sulfide) groups is 1. The summed E-state index contributed by atoms with van der Waals surface area (Å²) in [6.45, 7) is 3.04. The van der Waals surface area contributed by atoms with Gasteiger partial charge in [-0.15, -0.1) is 11.8 Å². The largest absolute Gasteiger partial charge is 0.494 e. The van der Waals surface area contributed by atoms with Crippen LogP contribution in [-0.4, -0.2) is 23.3 Å². The number of hydrogen-bond acceptors (Lipinski definition) is 5. The lowest BCUT2D eigenvalue weighted by molar-refractivity contribution is -0.116. The molecule has 1 heterocycles. The van der Waals surface area contributed by atoms with Gasteiger partial charge in [0.15, 0.2) is 5.13 Å². The first-order chi connectivity index (χ1) is 15.1. The van der Waals surface area contributed by atoms with Gasteiger partial charge in [-0.25, -0.2) is 4.98 Å². The second-order valence-electron chi connectivity index (χ2n) is 6.77. The van der Waals surface area contributed by atoms with Crippen LogP contribution in [-0.2, 0) is 11.3 Å². The van der Waals surface area contributed by atoms with Crippen molar-refractivity contribution < 1.29 is 9.53 Å². The van der Waals surface area contributed by atoms with Crippen molar-refractivity contribution in [3.8, 4) is 5.75 Å². The van der Waals surface area contributed by atoms with Crippen molar-refractivity contribution in [3.63, 3.8) is 0 Å². The molecule has 1 amide bonds. The number of aromatic nitrogens is 1. The van der Waals surface area contributed by atoms with Gasteiger partial charge >= 0.3 is 0 Å². The smallest absolute Gasteiger partial charge is 0.239 e. The molecule has 3 aromatic carbocycles. The fourth-order valence-corrected chi connectivity index (χ4v) is 4.96. The number of fused-ring (bicyclic) bond motifs is 1. The molecule has 0 aliphatic heterocycles. The summed E-state index contributed by atoms with van der Waals surface area (Å²) in [6.07, 6.45) is 0. The Hall–Kier alpha value is -2.54. The van der Waals surface area contributed by atoms with Crippen LogP contribution in [0.2, 0.25) is 5.02 Å². The number of carbonyl (C=O) groups is 1. The second kappa shape index (κ2) is 10.2. The third-order valence-electron chi connectivity index (χ3n) is 4.55. The molecule has 4 aromatic rings. The summed E-state index contributed by atoms with van der Waals surface area (Å²) in [5.41, 5.74) is 1.92. The molecule has 0 N–H and O–H groups in total. The summed E-state index contributed by atoms with van der Waals surface area (Å²) in [4.78, 5) is 20.8. The zero-order valence-electron chi connectivity index (χ0n) is 17.0. The predicted molar refractivity (Wildman–Crippen MR) is 131 cm³/mol. The minimum Gasteiger partial charge on any atom is -0.494 e. The lowest BCUT2D eigenvalue weighted by Crippen LogP contribution is -2.31. The standard InChI is InChI=1S/C24H21ClN2O2S2/c1-2-29-19-10-13-21-22(14-19)31-24(26-21)27(15-17-6-4-3-5-7-17)23(28)16-30-20-11-8-18(25)9-12-20/h3-14H,2,15-16H2,1H3. The predicted octanol–water partition coefficient (Wildman–Crippen LogP) is 6.67. The van der Waals surface area contributed by atoms with Crippen molar-refractivity contribution in [2.45, 2.75) is 18.4 Å². The average molecular weight is 469 g/mol. The molecule has 0 bridgehead atoms. The topological polar surface area (TPSA) is 42.4 Å². The number of ether oxygens (including phenoxy) is 1. The summed E-state index contributed by atoms with van der Waals surface area (Å²) in [5.74, 6) is 1.13. The van der Waals surface area contributed by atoms with Gasteiger partial charge in [0.05, 0.1) is 29.1 Å². The maximum absolute atomic E-state index is 13.3. The zero-order valence-corrected chi connectivity index (χ0v) is 19.3. The Bertz CT molecular complexity index is 1160. The summed E-state index contributed by atoms with van der Waals surface area (Å²) >= 11 is 8.96. The van der Waals surface area contributed by atoms with Crippen LogP contribution in [0.25, 0.3) is 10.2 Å². The van der Waals surface area contributed by atoms with Gasteiger partial charge in [0, 0.05) is 9.92 Å². The van der Waals surface area contributed by atoms with Crippen molar-refractivity contribution in [3.05, 3.63) is 83.4 Å². The number of nitrogens with zero attached hydrogens (tertiary/aromatic N) is 2. The maximum atomic E-state index is 13.3. The highest BCUT2D eigenvalue weighted by molar-refractivity contribution is 8.00. The molecule has 0 saturated carbocycles. The Morgan fingerprint density at radius 3 is 2.61 bits per heavy atom. The monoisotopic (exact) mass is 468 g/mol. The van der Waals surface area contributed by atoms with E-state index in [0.717, 1.165) is 26.4 Å². The van der Waals surface area contributed by atoms with Crippen molar-refractivity contribution in [1.82, 2.24) is 4.98 Å². The number of hydrogen-bond donors (Lipinski definition) is 0. The lowest BCUT2D eigenvalue weighted by atomic mass is 10.2. The van der Waals surface area contributed by atoms with Gasteiger partial charge in [0.1, 0.15) is 5.75 Å². The van der Waals surface area contributed by atoms with E-state index >= 15 is 0 Å². The summed E-state index contributed by atoms with van der Waals surface area (Å²) in [5, 5.41) is 1.37. The van der Waals surface area contributed by atoms with Crippen LogP contribution in [0.1, 0.15) is 12.5 Å². The first kappa shape index (κ1) is 21.7. The quantitative estimate of drug-likeness (QED) is 0.271. The highest BCUT2D eigenvalue weighted by atomic mass is 35.5. The first-order valence-corrected chi connectivity index (χ1v) is 12.1. The van der Waals surface area contributed by atoms with Gasteiger partial charge in [-0.1, -0.05) is 53.3 Å². The molecule has 0 saturated heterocycles. The van der Waals surface area contributed by atoms with Gasteiger partial charge in [-0.05, 0) is 55.0 Å². The average Bonchev–Trinajstić information content (AvgIpc) is 3.21. The molecule has 0 aliphatic rings. The molecule has 7 heteroatoms. The van der Waals surface area contributed by atoms with Crippen molar-refractivity contribution in [2.75, 3.05) is 17.3 Å². The Balaban J connectivity index is 1.59. The SMILES string of the molecule is CCOc1ccc2nc(N(Cc3ccccc3)C(=O)CSc3ccc(Cl)cc3)sc2c1. The fourth-order valence-electron chi connectivity index (χ4n) is 3.05. The highest BCUT2D eigenvalue weighted by Crippen LogP contribution is 2.33. The van der Waals surface area contributed by atoms with Crippen molar-refractivity contribution in [2.24, 2.45) is 0 Å². The van der Waals surface area contributed by atoms with Gasteiger partial charge in [0.25, 0.3) is 0 Å². The third-order valence-corrected chi connectivity index (χ3v) is 6.84. The van der Waals surface area contributed by atoms with Crippen LogP contribution in [0.5, 0.6) is 5.75 Å². The van der Waals surface area contributed by atoms with E-state index in [9.17, 15) is 4.79 Å². The van der Waals surface area contributed by atoms with Gasteiger partial charge in [0.2, 0.25) is 5.91 Å². The molecular formula is C24H21ClN2O2S2. The van der Waals surface area contributed by atoms with Crippen LogP contribution in [0.4, 0.5) is 5.13 Å². The lowest BCUT2D eigenvalue weighted by Gasteiger charge is -2.20. The van der Waals surface area contributed by atoms with E-state index in [1.807, 2.05) is 79.7 Å². The molecule has 0 radical (unpaired) electrons. The number of rotatable bonds is 8. The minimum atomic E-state index is 0.00731. The van der Waals surface area contributed by atoms with Gasteiger partial charge < -0.3 is 4.74 Å². The van der Waals surface area contributed by atoms with Gasteiger partial charge in [-0.2, -0.15) is 0 Å². The zero-order chi connectivity index (χ0) is 21.6. The minimum absolute atomic E-state index is 0.00731. The Morgan fingerprint density at radius 1 is 1.10 bits per heavy atom. The van der Waals surface area contributed by atoms with E-state index in [2.05, 4.69) is 0 Å². The van der Waals surface area contributed by atoms with E-state index in [1.165, 1.54) is 23.1 Å². The molecule has 0 atom stereocenters. The van der Waals surface area contributed by atoms with E-state index in [1.54, 1.807) is 4.90 Å². The van der Waals surface area contributed by atoms with Gasteiger partial charge in [-0.3, -0.25) is 9.69 Å². The summed E-state index contributed by atoms with van der Waals surface area (Å²) in [7, 11) is 0. The number of carbonyl (C=O) groups excluding carboxylic acids is 1. The molecule has 4 rings (SSSR count). The molecule has 158 valence electrons. The summed E-state index contributed by atoms with van der Waals surface area (Å²) < 4.78 is 6.61. The molecule has 0 unspecified atom stereocenters. The Labute approximate surface area is 194 Å². The van der Waals surface area contributed by atoms with Crippen molar-refractivity contribution in [1.29, 1.82) is 0 Å². The molecule has 4 nitrogen and oxygen atoms in total. The summed E-state index contributed by atoms with van der Waals surface area (Å²) in [6, 6.07) is 23.3. The van der Waals surface area contributed by atoms with E-state index in [-0.39, 0.29) is 5.91 Å². The number of thiazole rings is 1. The van der Waals surface area contributed by atoms with E-state index in [0.29, 0.717) is 29.1 Å². The molecule has 0 fully saturated rings. The van der Waals surface area contributed by atoms with Crippen molar-refractivity contribution >= 4 is 56.0 Å². The Morgan fingerprint density at radius 2 is 1.87 bits per heavy atom. The van der Waals surface area contributed by atoms with E-state index in [4.69, 9.17) is 21.3 Å². The maximum Gasteiger partial charge on any atom is 0.239 e. The second-order valence-corrected chi connectivity index (χ2v) is 9.26. The molecule has 31 heavy (non-hydrogen) atoms. The van der Waals surface area contributed by atoms with Crippen LogP contribution < -0.4 is 9.64 Å². The molecule has 1 aromatic heterocycles. The number of amides is 1. The molecule has 0 spiro atoms. The van der Waals surface area contributed by atoms with Crippen LogP contribution >= 0.6 is 34.7 Å². The number of anilines is 1. The highest BCUT2D eigenvalue weighted by Gasteiger charge is 2.20. The first-order valence-electron chi connectivity index (χ1n) is 9.88. The fraction of sp³-hybridized carbons (Fsp3) is 0.167. The third kappa shape index (κ3) is 5.58. The Kier molecular flexibility index (Phi) is 7.12. The van der Waals surface area contributed by atoms with Crippen LogP contribution in [0.15, 0.2) is 77.7 Å². The van der Waals surface area contributed by atoms with E-state index < -0.39 is 0 Å². The number of benzene rings is 3. The van der Waals surface area contributed by atoms with Crippen LogP contribution in [0.3, 0.4) is 0 Å².